The number of hydrogen-bond acceptors (Lipinski definition) is 5. The molecule has 0 bridgehead atoms. The van der Waals surface area contributed by atoms with Gasteiger partial charge in [-0.25, -0.2) is 0 Å². The number of allylic oxidation sites excluding steroid dienone is 2. The van der Waals surface area contributed by atoms with Crippen molar-refractivity contribution in [2.75, 3.05) is 12.4 Å². The van der Waals surface area contributed by atoms with E-state index in [9.17, 15) is 13.2 Å². The van der Waals surface area contributed by atoms with Gasteiger partial charge in [-0.05, 0) is 32.1 Å². The highest BCUT2D eigenvalue weighted by Crippen LogP contribution is 2.10. The topological polar surface area (TPSA) is 80.7 Å². The number of aliphatic hydroxyl groups is 1. The number of carbonyl (C=O) groups excluding carboxylic acids is 1. The maximum Gasteiger partial charge on any atom is 0.322 e. The first kappa shape index (κ1) is 25.1. The predicted molar refractivity (Wildman–Crippen MR) is 106 cm³/mol. The zero-order valence-electron chi connectivity index (χ0n) is 16.5. The van der Waals surface area contributed by atoms with Gasteiger partial charge >= 0.3 is 16.1 Å². The van der Waals surface area contributed by atoms with Gasteiger partial charge in [-0.15, -0.1) is 0 Å². The van der Waals surface area contributed by atoms with Gasteiger partial charge in [0.15, 0.2) is 0 Å². The fourth-order valence-corrected chi connectivity index (χ4v) is 3.35. The summed E-state index contributed by atoms with van der Waals surface area (Å²) in [6.45, 7) is 1.70. The minimum atomic E-state index is -3.91. The molecule has 154 valence electrons. The van der Waals surface area contributed by atoms with Crippen molar-refractivity contribution in [3.8, 4) is 0 Å². The third kappa shape index (κ3) is 17.9. The van der Waals surface area contributed by atoms with E-state index >= 15 is 0 Å². The van der Waals surface area contributed by atoms with Crippen LogP contribution in [0.4, 0.5) is 0 Å². The molecule has 0 aliphatic rings. The third-order valence-electron chi connectivity index (χ3n) is 4.20. The van der Waals surface area contributed by atoms with Crippen molar-refractivity contribution in [2.24, 2.45) is 0 Å². The zero-order chi connectivity index (χ0) is 19.5. The number of unbranched alkanes of at least 4 members (excludes halogenated alkanes) is 11. The van der Waals surface area contributed by atoms with Crippen molar-refractivity contribution >= 4 is 16.1 Å². The smallest absolute Gasteiger partial charge is 0.322 e. The quantitative estimate of drug-likeness (QED) is 0.205. The molecule has 0 aliphatic heterocycles. The summed E-state index contributed by atoms with van der Waals surface area (Å²) in [6.07, 6.45) is 19.9. The Hall–Kier alpha value is -0.880. The molecule has 0 unspecified atom stereocenters. The first-order valence-corrected chi connectivity index (χ1v) is 11.8. The molecule has 6 heteroatoms. The third-order valence-corrected chi connectivity index (χ3v) is 5.33. The van der Waals surface area contributed by atoms with Crippen LogP contribution >= 0.6 is 0 Å². The molecule has 0 aromatic carbocycles. The second-order valence-corrected chi connectivity index (χ2v) is 8.47. The summed E-state index contributed by atoms with van der Waals surface area (Å²) in [4.78, 5) is 11.4. The fourth-order valence-electron chi connectivity index (χ4n) is 2.68. The molecule has 0 atom stereocenters. The number of hydrogen-bond donors (Lipinski definition) is 1. The highest BCUT2D eigenvalue weighted by Gasteiger charge is 2.15. The average molecular weight is 391 g/mol. The summed E-state index contributed by atoms with van der Waals surface area (Å²) in [6, 6.07) is 0. The van der Waals surface area contributed by atoms with Crippen LogP contribution in [0.25, 0.3) is 0 Å². The molecule has 0 fully saturated rings. The van der Waals surface area contributed by atoms with Crippen molar-refractivity contribution in [3.05, 3.63) is 12.2 Å². The normalized spacial score (nSPS) is 11.9. The number of aliphatic hydroxyl groups excluding tert-OH is 1. The molecule has 0 aromatic heterocycles. The molecule has 0 saturated heterocycles. The van der Waals surface area contributed by atoms with Gasteiger partial charge in [0.05, 0.1) is 6.61 Å². The van der Waals surface area contributed by atoms with E-state index < -0.39 is 28.4 Å². The molecule has 0 heterocycles. The summed E-state index contributed by atoms with van der Waals surface area (Å²) < 4.78 is 26.7. The lowest BCUT2D eigenvalue weighted by atomic mass is 10.1. The van der Waals surface area contributed by atoms with Crippen LogP contribution in [-0.4, -0.2) is 31.9 Å². The maximum atomic E-state index is 11.4. The summed E-state index contributed by atoms with van der Waals surface area (Å²) >= 11 is 0. The van der Waals surface area contributed by atoms with Crippen LogP contribution < -0.4 is 0 Å². The summed E-state index contributed by atoms with van der Waals surface area (Å²) in [5, 5.41) is 8.56. The van der Waals surface area contributed by atoms with Crippen LogP contribution in [0.2, 0.25) is 0 Å². The van der Waals surface area contributed by atoms with E-state index in [1.54, 1.807) is 0 Å². The van der Waals surface area contributed by atoms with Gasteiger partial charge in [0, 0.05) is 6.42 Å². The lowest BCUT2D eigenvalue weighted by Crippen LogP contribution is -2.17. The Bertz CT molecular complexity index is 457. The number of carbonyl (C=O) groups is 1. The van der Waals surface area contributed by atoms with E-state index in [4.69, 9.17) is 5.11 Å². The van der Waals surface area contributed by atoms with E-state index in [1.807, 2.05) is 0 Å². The largest absolute Gasteiger partial charge is 0.395 e. The standard InChI is InChI=1S/C20H38O5S/c1-2-3-4-5-6-7-8-9-10-11-12-13-14-15-16-17-20(22)25-26(23,24)19-18-21/h9-10,21H,2-8,11-19H2,1H3. The Balaban J connectivity index is 3.38. The minimum Gasteiger partial charge on any atom is -0.395 e. The molecule has 26 heavy (non-hydrogen) atoms. The van der Waals surface area contributed by atoms with Crippen LogP contribution in [0.3, 0.4) is 0 Å². The second kappa shape index (κ2) is 17.5. The maximum absolute atomic E-state index is 11.4. The minimum absolute atomic E-state index is 0.114. The molecule has 5 nitrogen and oxygen atoms in total. The molecule has 0 aromatic rings. The van der Waals surface area contributed by atoms with E-state index in [0.29, 0.717) is 6.42 Å². The lowest BCUT2D eigenvalue weighted by Gasteiger charge is -2.04. The highest BCUT2D eigenvalue weighted by molar-refractivity contribution is 7.87. The fraction of sp³-hybridized carbons (Fsp3) is 0.850. The van der Waals surface area contributed by atoms with Crippen LogP contribution in [0, 0.1) is 0 Å². The molecule has 0 radical (unpaired) electrons. The Morgan fingerprint density at radius 2 is 1.35 bits per heavy atom. The molecule has 1 N–H and O–H groups in total. The Morgan fingerprint density at radius 1 is 0.846 bits per heavy atom. The lowest BCUT2D eigenvalue weighted by molar-refractivity contribution is -0.133. The Labute approximate surface area is 160 Å². The van der Waals surface area contributed by atoms with Crippen LogP contribution in [-0.2, 0) is 19.1 Å². The van der Waals surface area contributed by atoms with Gasteiger partial charge in [-0.1, -0.05) is 70.4 Å². The van der Waals surface area contributed by atoms with Crippen molar-refractivity contribution < 1.29 is 22.5 Å². The Kier molecular flexibility index (Phi) is 16.9. The van der Waals surface area contributed by atoms with Gasteiger partial charge in [-0.3, -0.25) is 4.79 Å². The molecule has 0 spiro atoms. The first-order chi connectivity index (χ1) is 12.5. The average Bonchev–Trinajstić information content (AvgIpc) is 2.57. The molecule has 0 saturated carbocycles. The molecule has 0 amide bonds. The van der Waals surface area contributed by atoms with Crippen LogP contribution in [0.1, 0.15) is 96.8 Å². The highest BCUT2D eigenvalue weighted by atomic mass is 32.2. The van der Waals surface area contributed by atoms with E-state index in [2.05, 4.69) is 23.3 Å². The van der Waals surface area contributed by atoms with Crippen LogP contribution in [0.15, 0.2) is 12.2 Å². The van der Waals surface area contributed by atoms with Crippen LogP contribution in [0.5, 0.6) is 0 Å². The van der Waals surface area contributed by atoms with E-state index in [0.717, 1.165) is 32.1 Å². The van der Waals surface area contributed by atoms with E-state index in [-0.39, 0.29) is 6.42 Å². The van der Waals surface area contributed by atoms with Gasteiger partial charge in [-0.2, -0.15) is 8.42 Å². The van der Waals surface area contributed by atoms with E-state index in [1.165, 1.54) is 44.9 Å². The van der Waals surface area contributed by atoms with Gasteiger partial charge in [0.1, 0.15) is 5.75 Å². The summed E-state index contributed by atoms with van der Waals surface area (Å²) in [7, 11) is -3.91. The second-order valence-electron chi connectivity index (χ2n) is 6.78. The van der Waals surface area contributed by atoms with Crippen molar-refractivity contribution in [2.45, 2.75) is 96.8 Å². The molecular formula is C20H38O5S. The SMILES string of the molecule is CCCCCCCCC=CCCCCCCCC(=O)OS(=O)(=O)CCO. The number of rotatable bonds is 18. The van der Waals surface area contributed by atoms with Gasteiger partial charge in [0.2, 0.25) is 0 Å². The van der Waals surface area contributed by atoms with Crippen molar-refractivity contribution in [1.82, 2.24) is 0 Å². The molecular weight excluding hydrogens is 352 g/mol. The van der Waals surface area contributed by atoms with Crippen molar-refractivity contribution in [3.63, 3.8) is 0 Å². The van der Waals surface area contributed by atoms with Gasteiger partial charge in [0.25, 0.3) is 0 Å². The summed E-state index contributed by atoms with van der Waals surface area (Å²) in [5.41, 5.74) is 0. The molecule has 0 aliphatic carbocycles. The monoisotopic (exact) mass is 390 g/mol. The van der Waals surface area contributed by atoms with Gasteiger partial charge < -0.3 is 9.29 Å². The predicted octanol–water partition coefficient (Wildman–Crippen LogP) is 4.89. The summed E-state index contributed by atoms with van der Waals surface area (Å²) in [5.74, 6) is -1.26. The zero-order valence-corrected chi connectivity index (χ0v) is 17.3. The first-order valence-electron chi connectivity index (χ1n) is 10.2. The molecule has 0 rings (SSSR count). The Morgan fingerprint density at radius 3 is 1.88 bits per heavy atom. The van der Waals surface area contributed by atoms with Crippen molar-refractivity contribution in [1.29, 1.82) is 0 Å².